The van der Waals surface area contributed by atoms with E-state index >= 15 is 0 Å². The Labute approximate surface area is 71.8 Å². The van der Waals surface area contributed by atoms with Crippen LogP contribution in [0.15, 0.2) is 0 Å². The molecule has 0 bridgehead atoms. The zero-order valence-corrected chi connectivity index (χ0v) is 7.65. The van der Waals surface area contributed by atoms with Gasteiger partial charge in [-0.25, -0.2) is 0 Å². The van der Waals surface area contributed by atoms with Crippen molar-refractivity contribution < 1.29 is 14.4 Å². The van der Waals surface area contributed by atoms with Crippen LogP contribution in [0.25, 0.3) is 0 Å². The smallest absolute Gasteiger partial charge is 0.233 e. The van der Waals surface area contributed by atoms with Crippen LogP contribution in [0.1, 0.15) is 20.8 Å². The number of nitrogens with zero attached hydrogens (tertiary/aromatic N) is 1. The molecule has 5 nitrogen and oxygen atoms in total. The van der Waals surface area contributed by atoms with Gasteiger partial charge in [0.05, 0.1) is 0 Å². The van der Waals surface area contributed by atoms with E-state index in [4.69, 9.17) is 9.47 Å². The summed E-state index contributed by atoms with van der Waals surface area (Å²) in [6.45, 7) is 5.70. The predicted molar refractivity (Wildman–Crippen MR) is 43.5 cm³/mol. The molecule has 0 aromatic heterocycles. The van der Waals surface area contributed by atoms with Crippen LogP contribution in [-0.4, -0.2) is 30.5 Å². The molecule has 0 aromatic carbocycles. The first-order valence-corrected chi connectivity index (χ1v) is 3.94. The van der Waals surface area contributed by atoms with Crippen LogP contribution in [0, 0.1) is 10.1 Å². The van der Waals surface area contributed by atoms with E-state index in [-0.39, 0.29) is 17.8 Å². The Morgan fingerprint density at radius 1 is 1.42 bits per heavy atom. The van der Waals surface area contributed by atoms with Crippen molar-refractivity contribution in [2.24, 2.45) is 0 Å². The summed E-state index contributed by atoms with van der Waals surface area (Å²) in [5.41, 5.74) is 0. The van der Waals surface area contributed by atoms with Crippen molar-refractivity contribution in [3.8, 4) is 0 Å². The third-order valence-electron chi connectivity index (χ3n) is 1.33. The zero-order valence-electron chi connectivity index (χ0n) is 7.65. The van der Waals surface area contributed by atoms with E-state index in [2.05, 4.69) is 0 Å². The van der Waals surface area contributed by atoms with Crippen LogP contribution in [-0.2, 0) is 9.47 Å². The number of ether oxygens (including phenoxy) is 2. The first-order valence-electron chi connectivity index (χ1n) is 3.94. The topological polar surface area (TPSA) is 61.6 Å². The zero-order chi connectivity index (χ0) is 9.56. The molecule has 0 fully saturated rings. The number of hydrogen-bond acceptors (Lipinski definition) is 4. The van der Waals surface area contributed by atoms with Gasteiger partial charge in [0.1, 0.15) is 6.61 Å². The lowest BCUT2D eigenvalue weighted by Crippen LogP contribution is -2.25. The van der Waals surface area contributed by atoms with Crippen molar-refractivity contribution in [3.63, 3.8) is 0 Å². The lowest BCUT2D eigenvalue weighted by Gasteiger charge is -2.12. The van der Waals surface area contributed by atoms with E-state index in [0.717, 1.165) is 0 Å². The van der Waals surface area contributed by atoms with E-state index < -0.39 is 6.04 Å². The lowest BCUT2D eigenvalue weighted by molar-refractivity contribution is -0.523. The van der Waals surface area contributed by atoms with Gasteiger partial charge in [0.15, 0.2) is 6.29 Å². The van der Waals surface area contributed by atoms with Gasteiger partial charge in [-0.15, -0.1) is 0 Å². The van der Waals surface area contributed by atoms with Crippen LogP contribution < -0.4 is 0 Å². The number of rotatable bonds is 6. The molecule has 0 N–H and O–H groups in total. The summed E-state index contributed by atoms with van der Waals surface area (Å²) in [5, 5.41) is 10.2. The van der Waals surface area contributed by atoms with Gasteiger partial charge in [-0.3, -0.25) is 10.1 Å². The summed E-state index contributed by atoms with van der Waals surface area (Å²) >= 11 is 0. The molecule has 0 rings (SSSR count). The molecule has 0 amide bonds. The minimum atomic E-state index is -0.673. The van der Waals surface area contributed by atoms with Crippen LogP contribution in [0.4, 0.5) is 0 Å². The first-order chi connectivity index (χ1) is 5.57. The summed E-state index contributed by atoms with van der Waals surface area (Å²) in [6, 6.07) is -0.673. The second-order valence-electron chi connectivity index (χ2n) is 2.49. The maximum Gasteiger partial charge on any atom is 0.233 e. The minimum Gasteiger partial charge on any atom is -0.353 e. The highest BCUT2D eigenvalue weighted by molar-refractivity contribution is 4.44. The summed E-state index contributed by atoms with van der Waals surface area (Å²) in [4.78, 5) is 9.78. The molecule has 0 aromatic rings. The molecule has 0 heterocycles. The normalized spacial score (nSPS) is 15.6. The van der Waals surface area contributed by atoms with Crippen molar-refractivity contribution >= 4 is 0 Å². The largest absolute Gasteiger partial charge is 0.353 e. The average molecular weight is 177 g/mol. The molecule has 12 heavy (non-hydrogen) atoms. The molecule has 0 radical (unpaired) electrons. The van der Waals surface area contributed by atoms with Gasteiger partial charge in [0.2, 0.25) is 6.04 Å². The highest BCUT2D eigenvalue weighted by atomic mass is 16.7. The van der Waals surface area contributed by atoms with Crippen molar-refractivity contribution in [3.05, 3.63) is 10.1 Å². The van der Waals surface area contributed by atoms with Crippen molar-refractivity contribution in [1.82, 2.24) is 0 Å². The van der Waals surface area contributed by atoms with Gasteiger partial charge >= 0.3 is 0 Å². The number of nitro groups is 1. The molecule has 2 unspecified atom stereocenters. The summed E-state index contributed by atoms with van der Waals surface area (Å²) in [7, 11) is 0. The van der Waals surface area contributed by atoms with Crippen molar-refractivity contribution in [1.29, 1.82) is 0 Å². The molecule has 0 saturated carbocycles. The van der Waals surface area contributed by atoms with E-state index in [1.807, 2.05) is 6.92 Å². The Balaban J connectivity index is 3.46. The van der Waals surface area contributed by atoms with Gasteiger partial charge in [0, 0.05) is 18.5 Å². The van der Waals surface area contributed by atoms with E-state index in [0.29, 0.717) is 6.61 Å². The Morgan fingerprint density at radius 3 is 2.42 bits per heavy atom. The average Bonchev–Trinajstić information content (AvgIpc) is 2.00. The van der Waals surface area contributed by atoms with Crippen molar-refractivity contribution in [2.75, 3.05) is 13.2 Å². The first kappa shape index (κ1) is 11.3. The fraction of sp³-hybridized carbons (Fsp3) is 1.00. The Bertz CT molecular complexity index is 139. The minimum absolute atomic E-state index is 0.0914. The molecule has 0 aliphatic carbocycles. The highest BCUT2D eigenvalue weighted by Crippen LogP contribution is 1.96. The molecule has 0 saturated heterocycles. The monoisotopic (exact) mass is 177 g/mol. The maximum absolute atomic E-state index is 10.2. The molecule has 5 heteroatoms. The molecule has 0 aliphatic rings. The van der Waals surface area contributed by atoms with Gasteiger partial charge < -0.3 is 9.47 Å². The van der Waals surface area contributed by atoms with Gasteiger partial charge in [0.25, 0.3) is 0 Å². The van der Waals surface area contributed by atoms with E-state index in [1.54, 1.807) is 6.92 Å². The summed E-state index contributed by atoms with van der Waals surface area (Å²) in [6.07, 6.45) is -0.364. The second kappa shape index (κ2) is 5.91. The molecular weight excluding hydrogens is 162 g/mol. The maximum atomic E-state index is 10.2. The Hall–Kier alpha value is -0.680. The quantitative estimate of drug-likeness (QED) is 0.345. The Morgan fingerprint density at radius 2 is 2.00 bits per heavy atom. The van der Waals surface area contributed by atoms with Crippen LogP contribution in [0.3, 0.4) is 0 Å². The van der Waals surface area contributed by atoms with Gasteiger partial charge in [-0.1, -0.05) is 0 Å². The lowest BCUT2D eigenvalue weighted by atomic mass is 10.4. The SMILES string of the molecule is CCOC(C)OCC(C)[N+](=O)[O-]. The molecule has 0 aliphatic heterocycles. The van der Waals surface area contributed by atoms with E-state index in [1.165, 1.54) is 6.92 Å². The Kier molecular flexibility index (Phi) is 5.57. The fourth-order valence-electron chi connectivity index (χ4n) is 0.618. The predicted octanol–water partition coefficient (Wildman–Crippen LogP) is 1.05. The summed E-state index contributed by atoms with van der Waals surface area (Å²) < 4.78 is 10.1. The van der Waals surface area contributed by atoms with Gasteiger partial charge in [-0.2, -0.15) is 0 Å². The molecule has 0 spiro atoms. The van der Waals surface area contributed by atoms with Crippen LogP contribution >= 0.6 is 0 Å². The second-order valence-corrected chi connectivity index (χ2v) is 2.49. The number of hydrogen-bond donors (Lipinski definition) is 0. The third kappa shape index (κ3) is 5.03. The third-order valence-corrected chi connectivity index (χ3v) is 1.33. The molecule has 2 atom stereocenters. The standard InChI is InChI=1S/C7H15NO4/c1-4-11-7(3)12-5-6(2)8(9)10/h6-7H,4-5H2,1-3H3. The van der Waals surface area contributed by atoms with Crippen LogP contribution in [0.5, 0.6) is 0 Å². The van der Waals surface area contributed by atoms with E-state index in [9.17, 15) is 10.1 Å². The molecular formula is C7H15NO4. The van der Waals surface area contributed by atoms with Crippen LogP contribution in [0.2, 0.25) is 0 Å². The van der Waals surface area contributed by atoms with Crippen molar-refractivity contribution in [2.45, 2.75) is 33.1 Å². The van der Waals surface area contributed by atoms with Gasteiger partial charge in [-0.05, 0) is 13.8 Å². The molecule has 72 valence electrons. The fourth-order valence-corrected chi connectivity index (χ4v) is 0.618. The highest BCUT2D eigenvalue weighted by Gasteiger charge is 2.14. The summed E-state index contributed by atoms with van der Waals surface area (Å²) in [5.74, 6) is 0.